The molecule has 1 aliphatic rings. The monoisotopic (exact) mass is 252 g/mol. The van der Waals surface area contributed by atoms with Gasteiger partial charge in [-0.25, -0.2) is 4.98 Å². The van der Waals surface area contributed by atoms with Crippen LogP contribution in [0.5, 0.6) is 0 Å². The second-order valence-corrected chi connectivity index (χ2v) is 4.78. The first-order chi connectivity index (χ1) is 8.60. The number of aromatic nitrogens is 1. The lowest BCUT2D eigenvalue weighted by Crippen LogP contribution is -2.48. The van der Waals surface area contributed by atoms with Gasteiger partial charge in [-0.05, 0) is 31.5 Å². The van der Waals surface area contributed by atoms with Gasteiger partial charge in [-0.15, -0.1) is 0 Å². The second kappa shape index (κ2) is 5.65. The van der Waals surface area contributed by atoms with E-state index in [1.807, 2.05) is 19.1 Å². The third kappa shape index (κ3) is 2.98. The fourth-order valence-corrected chi connectivity index (χ4v) is 2.20. The minimum atomic E-state index is -0.501. The Morgan fingerprint density at radius 1 is 1.56 bits per heavy atom. The SMILES string of the molecule is CC1CN(c2cc(C(C)O)ccn2)CC(CO)O1. The number of nitrogens with zero attached hydrogens (tertiary/aromatic N) is 2. The van der Waals surface area contributed by atoms with Crippen molar-refractivity contribution in [2.75, 3.05) is 24.6 Å². The minimum absolute atomic E-state index is 0.0108. The van der Waals surface area contributed by atoms with Crippen LogP contribution < -0.4 is 4.90 Å². The highest BCUT2D eigenvalue weighted by Gasteiger charge is 2.25. The van der Waals surface area contributed by atoms with E-state index in [2.05, 4.69) is 9.88 Å². The van der Waals surface area contributed by atoms with Crippen LogP contribution in [0.25, 0.3) is 0 Å². The molecule has 3 atom stereocenters. The van der Waals surface area contributed by atoms with E-state index in [0.29, 0.717) is 6.54 Å². The highest BCUT2D eigenvalue weighted by Crippen LogP contribution is 2.21. The van der Waals surface area contributed by atoms with Crippen LogP contribution in [0.3, 0.4) is 0 Å². The van der Waals surface area contributed by atoms with Crippen LogP contribution in [0.15, 0.2) is 18.3 Å². The largest absolute Gasteiger partial charge is 0.394 e. The first-order valence-corrected chi connectivity index (χ1v) is 6.25. The molecule has 5 nitrogen and oxygen atoms in total. The third-order valence-corrected chi connectivity index (χ3v) is 3.11. The molecule has 1 aromatic rings. The topological polar surface area (TPSA) is 65.8 Å². The summed E-state index contributed by atoms with van der Waals surface area (Å²) in [5.74, 6) is 0.821. The summed E-state index contributed by atoms with van der Waals surface area (Å²) in [6, 6.07) is 3.69. The van der Waals surface area contributed by atoms with Gasteiger partial charge in [0.2, 0.25) is 0 Å². The van der Waals surface area contributed by atoms with Gasteiger partial charge in [-0.2, -0.15) is 0 Å². The van der Waals surface area contributed by atoms with E-state index in [1.54, 1.807) is 13.1 Å². The van der Waals surface area contributed by atoms with Crippen molar-refractivity contribution in [1.82, 2.24) is 4.98 Å². The summed E-state index contributed by atoms with van der Waals surface area (Å²) in [5, 5.41) is 18.8. The summed E-state index contributed by atoms with van der Waals surface area (Å²) in [4.78, 5) is 6.41. The molecule has 0 radical (unpaired) electrons. The van der Waals surface area contributed by atoms with Crippen LogP contribution in [0.1, 0.15) is 25.5 Å². The van der Waals surface area contributed by atoms with E-state index in [1.165, 1.54) is 0 Å². The fraction of sp³-hybridized carbons (Fsp3) is 0.615. The standard InChI is InChI=1S/C13H20N2O3/c1-9-6-15(7-12(8-16)18-9)13-5-11(10(2)17)3-4-14-13/h3-5,9-10,12,16-17H,6-8H2,1-2H3. The van der Waals surface area contributed by atoms with E-state index in [9.17, 15) is 10.2 Å². The van der Waals surface area contributed by atoms with Crippen molar-refractivity contribution in [2.45, 2.75) is 32.2 Å². The van der Waals surface area contributed by atoms with Gasteiger partial charge in [0, 0.05) is 19.3 Å². The summed E-state index contributed by atoms with van der Waals surface area (Å²) in [6.07, 6.45) is 1.09. The molecule has 0 aliphatic carbocycles. The molecule has 1 fully saturated rings. The molecular formula is C13H20N2O3. The minimum Gasteiger partial charge on any atom is -0.394 e. The molecule has 0 bridgehead atoms. The van der Waals surface area contributed by atoms with Crippen molar-refractivity contribution < 1.29 is 14.9 Å². The molecule has 0 saturated carbocycles. The van der Waals surface area contributed by atoms with Crippen LogP contribution in [-0.4, -0.2) is 47.1 Å². The molecule has 2 N–H and O–H groups in total. The highest BCUT2D eigenvalue weighted by molar-refractivity contribution is 5.42. The summed E-state index contributed by atoms with van der Waals surface area (Å²) >= 11 is 0. The van der Waals surface area contributed by atoms with E-state index in [-0.39, 0.29) is 18.8 Å². The molecule has 0 spiro atoms. The van der Waals surface area contributed by atoms with Gasteiger partial charge < -0.3 is 19.8 Å². The van der Waals surface area contributed by atoms with E-state index >= 15 is 0 Å². The number of ether oxygens (including phenoxy) is 1. The zero-order valence-electron chi connectivity index (χ0n) is 10.8. The van der Waals surface area contributed by atoms with E-state index < -0.39 is 6.10 Å². The predicted molar refractivity (Wildman–Crippen MR) is 68.5 cm³/mol. The molecule has 2 rings (SSSR count). The van der Waals surface area contributed by atoms with Crippen LogP contribution >= 0.6 is 0 Å². The van der Waals surface area contributed by atoms with Crippen LogP contribution in [0, 0.1) is 0 Å². The lowest BCUT2D eigenvalue weighted by Gasteiger charge is -2.36. The quantitative estimate of drug-likeness (QED) is 0.830. The summed E-state index contributed by atoms with van der Waals surface area (Å²) < 4.78 is 5.60. The molecule has 1 aromatic heterocycles. The Hall–Kier alpha value is -1.17. The normalized spacial score (nSPS) is 26.1. The highest BCUT2D eigenvalue weighted by atomic mass is 16.5. The van der Waals surface area contributed by atoms with Gasteiger partial charge in [0.05, 0.1) is 24.9 Å². The van der Waals surface area contributed by atoms with Gasteiger partial charge >= 0.3 is 0 Å². The predicted octanol–water partition coefficient (Wildman–Crippen LogP) is 0.721. The number of morpholine rings is 1. The lowest BCUT2D eigenvalue weighted by atomic mass is 10.1. The molecule has 5 heteroatoms. The molecule has 1 saturated heterocycles. The Labute approximate surface area is 107 Å². The fourth-order valence-electron chi connectivity index (χ4n) is 2.20. The van der Waals surface area contributed by atoms with Crippen LogP contribution in [0.4, 0.5) is 5.82 Å². The lowest BCUT2D eigenvalue weighted by molar-refractivity contribution is -0.0423. The summed E-state index contributed by atoms with van der Waals surface area (Å²) in [6.45, 7) is 5.09. The molecule has 100 valence electrons. The average molecular weight is 252 g/mol. The van der Waals surface area contributed by atoms with Gasteiger partial charge in [0.15, 0.2) is 0 Å². The van der Waals surface area contributed by atoms with Crippen molar-refractivity contribution in [2.24, 2.45) is 0 Å². The van der Waals surface area contributed by atoms with Gasteiger partial charge in [0.25, 0.3) is 0 Å². The first-order valence-electron chi connectivity index (χ1n) is 6.25. The number of pyridine rings is 1. The Morgan fingerprint density at radius 2 is 2.33 bits per heavy atom. The molecular weight excluding hydrogens is 232 g/mol. The van der Waals surface area contributed by atoms with Crippen LogP contribution in [-0.2, 0) is 4.74 Å². The number of rotatable bonds is 3. The molecule has 1 aliphatic heterocycles. The van der Waals surface area contributed by atoms with Crippen molar-refractivity contribution in [1.29, 1.82) is 0 Å². The summed E-state index contributed by atoms with van der Waals surface area (Å²) in [5.41, 5.74) is 0.847. The Bertz CT molecular complexity index is 398. The number of aliphatic hydroxyl groups excluding tert-OH is 2. The maximum Gasteiger partial charge on any atom is 0.129 e. The zero-order chi connectivity index (χ0) is 13.1. The van der Waals surface area contributed by atoms with Crippen molar-refractivity contribution in [3.05, 3.63) is 23.9 Å². The third-order valence-electron chi connectivity index (χ3n) is 3.11. The Kier molecular flexibility index (Phi) is 4.16. The maximum absolute atomic E-state index is 9.59. The van der Waals surface area contributed by atoms with Gasteiger partial charge in [0.1, 0.15) is 5.82 Å². The van der Waals surface area contributed by atoms with Crippen molar-refractivity contribution in [3.63, 3.8) is 0 Å². The molecule has 0 aromatic carbocycles. The maximum atomic E-state index is 9.59. The Morgan fingerprint density at radius 3 is 3.00 bits per heavy atom. The van der Waals surface area contributed by atoms with Crippen molar-refractivity contribution in [3.8, 4) is 0 Å². The van der Waals surface area contributed by atoms with E-state index in [4.69, 9.17) is 4.74 Å². The van der Waals surface area contributed by atoms with Crippen LogP contribution in [0.2, 0.25) is 0 Å². The summed E-state index contributed by atoms with van der Waals surface area (Å²) in [7, 11) is 0. The zero-order valence-corrected chi connectivity index (χ0v) is 10.8. The van der Waals surface area contributed by atoms with Crippen molar-refractivity contribution >= 4 is 5.82 Å². The average Bonchev–Trinajstić information content (AvgIpc) is 2.38. The van der Waals surface area contributed by atoms with Gasteiger partial charge in [-0.1, -0.05) is 0 Å². The number of aliphatic hydroxyl groups is 2. The molecule has 2 heterocycles. The second-order valence-electron chi connectivity index (χ2n) is 4.78. The smallest absolute Gasteiger partial charge is 0.129 e. The molecule has 18 heavy (non-hydrogen) atoms. The molecule has 3 unspecified atom stereocenters. The number of anilines is 1. The van der Waals surface area contributed by atoms with Gasteiger partial charge in [-0.3, -0.25) is 0 Å². The first kappa shape index (κ1) is 13.3. The number of hydrogen-bond donors (Lipinski definition) is 2. The van der Waals surface area contributed by atoms with E-state index in [0.717, 1.165) is 17.9 Å². The Balaban J connectivity index is 2.17. The number of hydrogen-bond acceptors (Lipinski definition) is 5. The molecule has 0 amide bonds.